The minimum Gasteiger partial charge on any atom is -0.352 e. The van der Waals surface area contributed by atoms with Crippen molar-refractivity contribution >= 4 is 27.5 Å². The summed E-state index contributed by atoms with van der Waals surface area (Å²) in [5.41, 5.74) is 1.00. The number of amides is 1. The number of carbonyl (C=O) groups excluding carboxylic acids is 1. The molecule has 2 aromatic carbocycles. The fraction of sp³-hybridized carbons (Fsp3) is 0.316. The van der Waals surface area contributed by atoms with E-state index in [1.807, 2.05) is 0 Å². The third kappa shape index (κ3) is 4.66. The Morgan fingerprint density at radius 2 is 1.78 bits per heavy atom. The summed E-state index contributed by atoms with van der Waals surface area (Å²) < 4.78 is 39.7. The van der Waals surface area contributed by atoms with Gasteiger partial charge in [0.05, 0.1) is 15.5 Å². The zero-order chi connectivity index (χ0) is 19.4. The molecule has 144 valence electrons. The zero-order valence-electron chi connectivity index (χ0n) is 14.6. The van der Waals surface area contributed by atoms with E-state index >= 15 is 0 Å². The maximum absolute atomic E-state index is 12.9. The Labute approximate surface area is 163 Å². The van der Waals surface area contributed by atoms with Crippen LogP contribution in [0.4, 0.5) is 4.39 Å². The summed E-state index contributed by atoms with van der Waals surface area (Å²) in [6, 6.07) is 10.2. The normalized spacial score (nSPS) is 15.0. The average molecular weight is 411 g/mol. The van der Waals surface area contributed by atoms with Gasteiger partial charge in [0.1, 0.15) is 5.82 Å². The lowest BCUT2D eigenvalue weighted by Gasteiger charge is -2.16. The van der Waals surface area contributed by atoms with Crippen molar-refractivity contribution in [2.75, 3.05) is 19.6 Å². The fourth-order valence-electron chi connectivity index (χ4n) is 2.98. The Morgan fingerprint density at radius 3 is 2.44 bits per heavy atom. The summed E-state index contributed by atoms with van der Waals surface area (Å²) in [6.45, 7) is 1.30. The Hall–Kier alpha value is -1.96. The van der Waals surface area contributed by atoms with Crippen LogP contribution < -0.4 is 5.32 Å². The van der Waals surface area contributed by atoms with Gasteiger partial charge >= 0.3 is 0 Å². The van der Waals surface area contributed by atoms with E-state index in [4.69, 9.17) is 11.6 Å². The highest BCUT2D eigenvalue weighted by molar-refractivity contribution is 7.89. The van der Waals surface area contributed by atoms with Crippen LogP contribution in [0.25, 0.3) is 0 Å². The van der Waals surface area contributed by atoms with Crippen molar-refractivity contribution in [1.29, 1.82) is 0 Å². The predicted molar refractivity (Wildman–Crippen MR) is 102 cm³/mol. The smallest absolute Gasteiger partial charge is 0.252 e. The molecule has 27 heavy (non-hydrogen) atoms. The van der Waals surface area contributed by atoms with Crippen molar-refractivity contribution in [3.8, 4) is 0 Å². The maximum atomic E-state index is 12.9. The van der Waals surface area contributed by atoms with Crippen LogP contribution >= 0.6 is 11.6 Å². The number of hydrogen-bond acceptors (Lipinski definition) is 3. The van der Waals surface area contributed by atoms with Gasteiger partial charge < -0.3 is 5.32 Å². The second-order valence-corrected chi connectivity index (χ2v) is 8.73. The molecule has 0 aliphatic carbocycles. The van der Waals surface area contributed by atoms with Crippen molar-refractivity contribution in [2.24, 2.45) is 0 Å². The molecule has 3 rings (SSSR count). The first-order chi connectivity index (χ1) is 12.9. The standard InChI is InChI=1S/C19H20ClFN2O3S/c20-18-8-7-16(27(25,26)23-11-1-2-12-23)13-17(18)19(24)22-10-9-14-3-5-15(21)6-4-14/h3-8,13H,1-2,9-12H2,(H,22,24). The average Bonchev–Trinajstić information content (AvgIpc) is 3.19. The molecule has 1 saturated heterocycles. The molecule has 1 aliphatic rings. The van der Waals surface area contributed by atoms with Crippen molar-refractivity contribution in [3.63, 3.8) is 0 Å². The van der Waals surface area contributed by atoms with E-state index in [2.05, 4.69) is 5.32 Å². The molecule has 1 N–H and O–H groups in total. The molecule has 0 saturated carbocycles. The first kappa shape index (κ1) is 19.8. The third-order valence-corrected chi connectivity index (χ3v) is 6.72. The number of rotatable bonds is 6. The summed E-state index contributed by atoms with van der Waals surface area (Å²) in [6.07, 6.45) is 2.20. The lowest BCUT2D eigenvalue weighted by Crippen LogP contribution is -2.29. The number of nitrogens with zero attached hydrogens (tertiary/aromatic N) is 1. The number of halogens is 2. The topological polar surface area (TPSA) is 66.5 Å². The van der Waals surface area contributed by atoms with Crippen LogP contribution in [0, 0.1) is 5.82 Å². The van der Waals surface area contributed by atoms with Gasteiger partial charge in [-0.25, -0.2) is 12.8 Å². The van der Waals surface area contributed by atoms with Crippen LogP contribution in [-0.4, -0.2) is 38.3 Å². The van der Waals surface area contributed by atoms with Crippen molar-refractivity contribution in [2.45, 2.75) is 24.2 Å². The van der Waals surface area contributed by atoms with E-state index < -0.39 is 15.9 Å². The van der Waals surface area contributed by atoms with Gasteiger partial charge in [-0.1, -0.05) is 23.7 Å². The molecule has 0 atom stereocenters. The summed E-state index contributed by atoms with van der Waals surface area (Å²) in [5, 5.41) is 2.92. The lowest BCUT2D eigenvalue weighted by atomic mass is 10.1. The van der Waals surface area contributed by atoms with Gasteiger partial charge in [0.2, 0.25) is 10.0 Å². The molecule has 1 heterocycles. The van der Waals surface area contributed by atoms with Crippen LogP contribution in [0.2, 0.25) is 5.02 Å². The fourth-order valence-corrected chi connectivity index (χ4v) is 4.73. The number of hydrogen-bond donors (Lipinski definition) is 1. The molecule has 2 aromatic rings. The molecule has 1 aliphatic heterocycles. The molecule has 8 heteroatoms. The Morgan fingerprint density at radius 1 is 1.11 bits per heavy atom. The number of sulfonamides is 1. The van der Waals surface area contributed by atoms with Crippen LogP contribution in [-0.2, 0) is 16.4 Å². The van der Waals surface area contributed by atoms with Gasteiger partial charge in [-0.15, -0.1) is 0 Å². The summed E-state index contributed by atoms with van der Waals surface area (Å²) in [7, 11) is -3.62. The van der Waals surface area contributed by atoms with E-state index in [1.54, 1.807) is 12.1 Å². The van der Waals surface area contributed by atoms with Gasteiger partial charge in [0.25, 0.3) is 5.91 Å². The van der Waals surface area contributed by atoms with Crippen LogP contribution in [0.1, 0.15) is 28.8 Å². The predicted octanol–water partition coefficient (Wildman–Crippen LogP) is 3.24. The van der Waals surface area contributed by atoms with Gasteiger partial charge in [-0.3, -0.25) is 4.79 Å². The molecule has 0 aromatic heterocycles. The van der Waals surface area contributed by atoms with E-state index in [-0.39, 0.29) is 21.3 Å². The molecular formula is C19H20ClFN2O3S. The second kappa shape index (κ2) is 8.37. The molecule has 0 bridgehead atoms. The Bertz CT molecular complexity index is 926. The molecule has 0 radical (unpaired) electrons. The minimum atomic E-state index is -3.62. The van der Waals surface area contributed by atoms with E-state index in [0.717, 1.165) is 18.4 Å². The molecule has 0 unspecified atom stereocenters. The van der Waals surface area contributed by atoms with Gasteiger partial charge in [0.15, 0.2) is 0 Å². The molecule has 0 spiro atoms. The largest absolute Gasteiger partial charge is 0.352 e. The van der Waals surface area contributed by atoms with Crippen molar-refractivity contribution < 1.29 is 17.6 Å². The second-order valence-electron chi connectivity index (χ2n) is 6.39. The highest BCUT2D eigenvalue weighted by atomic mass is 35.5. The number of nitrogens with one attached hydrogen (secondary N) is 1. The maximum Gasteiger partial charge on any atom is 0.252 e. The zero-order valence-corrected chi connectivity index (χ0v) is 16.2. The molecule has 1 fully saturated rings. The quantitative estimate of drug-likeness (QED) is 0.795. The summed E-state index contributed by atoms with van der Waals surface area (Å²) >= 11 is 6.10. The van der Waals surface area contributed by atoms with Gasteiger partial charge in [-0.05, 0) is 55.2 Å². The first-order valence-corrected chi connectivity index (χ1v) is 10.5. The highest BCUT2D eigenvalue weighted by Gasteiger charge is 2.28. The van der Waals surface area contributed by atoms with Crippen LogP contribution in [0.5, 0.6) is 0 Å². The summed E-state index contributed by atoms with van der Waals surface area (Å²) in [4.78, 5) is 12.5. The Kier molecular flexibility index (Phi) is 6.14. The minimum absolute atomic E-state index is 0.0671. The van der Waals surface area contributed by atoms with Crippen LogP contribution in [0.15, 0.2) is 47.4 Å². The summed E-state index contributed by atoms with van der Waals surface area (Å²) in [5.74, 6) is -0.758. The van der Waals surface area contributed by atoms with Crippen LogP contribution in [0.3, 0.4) is 0 Å². The third-order valence-electron chi connectivity index (χ3n) is 4.50. The van der Waals surface area contributed by atoms with Gasteiger partial charge in [0, 0.05) is 19.6 Å². The monoisotopic (exact) mass is 410 g/mol. The molecular weight excluding hydrogens is 391 g/mol. The van der Waals surface area contributed by atoms with Crippen molar-refractivity contribution in [3.05, 3.63) is 64.4 Å². The van der Waals surface area contributed by atoms with Crippen molar-refractivity contribution in [1.82, 2.24) is 9.62 Å². The lowest BCUT2D eigenvalue weighted by molar-refractivity contribution is 0.0954. The Balaban J connectivity index is 1.69. The van der Waals surface area contributed by atoms with Gasteiger partial charge in [-0.2, -0.15) is 4.31 Å². The number of benzene rings is 2. The van der Waals surface area contributed by atoms with E-state index in [9.17, 15) is 17.6 Å². The first-order valence-electron chi connectivity index (χ1n) is 8.70. The van der Waals surface area contributed by atoms with E-state index in [1.165, 1.54) is 34.6 Å². The molecule has 1 amide bonds. The highest BCUT2D eigenvalue weighted by Crippen LogP contribution is 2.25. The molecule has 5 nitrogen and oxygen atoms in total. The SMILES string of the molecule is O=C(NCCc1ccc(F)cc1)c1cc(S(=O)(=O)N2CCCC2)ccc1Cl. The van der Waals surface area contributed by atoms with E-state index in [0.29, 0.717) is 26.1 Å². The number of carbonyl (C=O) groups is 1.